The molecule has 0 fully saturated rings. The molecule has 0 saturated heterocycles. The minimum Gasteiger partial charge on any atom is -0.449 e. The molecule has 0 aliphatic rings. The number of ether oxygens (including phenoxy) is 1. The lowest BCUT2D eigenvalue weighted by atomic mass is 10.2. The number of hydrogen-bond donors (Lipinski definition) is 1. The van der Waals surface area contributed by atoms with Crippen LogP contribution in [-0.4, -0.2) is 23.0 Å². The highest BCUT2D eigenvalue weighted by Crippen LogP contribution is 2.15. The van der Waals surface area contributed by atoms with Crippen LogP contribution in [0.3, 0.4) is 0 Å². The van der Waals surface area contributed by atoms with Crippen molar-refractivity contribution in [1.82, 2.24) is 10.3 Å². The average Bonchev–Trinajstić information content (AvgIpc) is 3.08. The van der Waals surface area contributed by atoms with Crippen LogP contribution in [0.2, 0.25) is 0 Å². The Bertz CT molecular complexity index is 898. The first kappa shape index (κ1) is 17.4. The lowest BCUT2D eigenvalue weighted by Gasteiger charge is -2.12. The highest BCUT2D eigenvalue weighted by molar-refractivity contribution is 5.90. The van der Waals surface area contributed by atoms with E-state index in [2.05, 4.69) is 10.3 Å². The standard InChI is InChI=1S/C20H18N2O4/c1-14(20(24)21-13-15-7-3-2-4-8-15)25-19(23)12-11-18-22-16-9-5-6-10-17(16)26-18/h2-12,14H,13H2,1H3,(H,21,24)/b12-11+/t14-/m0/s1. The van der Waals surface area contributed by atoms with Gasteiger partial charge < -0.3 is 14.5 Å². The monoisotopic (exact) mass is 350 g/mol. The lowest BCUT2D eigenvalue weighted by molar-refractivity contribution is -0.150. The Morgan fingerprint density at radius 2 is 1.88 bits per heavy atom. The molecule has 1 atom stereocenters. The Morgan fingerprint density at radius 3 is 2.65 bits per heavy atom. The number of aromatic nitrogens is 1. The van der Waals surface area contributed by atoms with Crippen molar-refractivity contribution < 1.29 is 18.7 Å². The Morgan fingerprint density at radius 1 is 1.15 bits per heavy atom. The molecular formula is C20H18N2O4. The summed E-state index contributed by atoms with van der Waals surface area (Å²) < 4.78 is 10.6. The number of oxazole rings is 1. The van der Waals surface area contributed by atoms with Gasteiger partial charge in [0.25, 0.3) is 5.91 Å². The van der Waals surface area contributed by atoms with E-state index in [9.17, 15) is 9.59 Å². The van der Waals surface area contributed by atoms with E-state index in [0.29, 0.717) is 23.5 Å². The highest BCUT2D eigenvalue weighted by Gasteiger charge is 2.16. The maximum absolute atomic E-state index is 12.0. The number of hydrogen-bond acceptors (Lipinski definition) is 5. The smallest absolute Gasteiger partial charge is 0.331 e. The van der Waals surface area contributed by atoms with Gasteiger partial charge in [-0.05, 0) is 24.6 Å². The van der Waals surface area contributed by atoms with Gasteiger partial charge in [0.15, 0.2) is 11.7 Å². The van der Waals surface area contributed by atoms with Crippen molar-refractivity contribution in [3.05, 3.63) is 72.1 Å². The summed E-state index contributed by atoms with van der Waals surface area (Å²) in [4.78, 5) is 28.1. The molecule has 1 amide bonds. The molecule has 132 valence electrons. The molecule has 6 heteroatoms. The van der Waals surface area contributed by atoms with E-state index < -0.39 is 12.1 Å². The number of benzene rings is 2. The number of esters is 1. The maximum atomic E-state index is 12.0. The summed E-state index contributed by atoms with van der Waals surface area (Å²) in [5, 5.41) is 2.72. The molecule has 0 radical (unpaired) electrons. The fourth-order valence-corrected chi connectivity index (χ4v) is 2.30. The van der Waals surface area contributed by atoms with Gasteiger partial charge in [-0.25, -0.2) is 9.78 Å². The van der Waals surface area contributed by atoms with Gasteiger partial charge in [0.1, 0.15) is 5.52 Å². The summed E-state index contributed by atoms with van der Waals surface area (Å²) in [5.74, 6) is -0.712. The third kappa shape index (κ3) is 4.57. The number of rotatable bonds is 6. The van der Waals surface area contributed by atoms with Crippen LogP contribution < -0.4 is 5.32 Å². The molecule has 1 N–H and O–H groups in total. The van der Waals surface area contributed by atoms with Crippen LogP contribution in [0.4, 0.5) is 0 Å². The predicted molar refractivity (Wildman–Crippen MR) is 96.9 cm³/mol. The fraction of sp³-hybridized carbons (Fsp3) is 0.150. The first-order valence-corrected chi connectivity index (χ1v) is 8.18. The number of para-hydroxylation sites is 2. The number of carbonyl (C=O) groups excluding carboxylic acids is 2. The highest BCUT2D eigenvalue weighted by atomic mass is 16.5. The van der Waals surface area contributed by atoms with E-state index >= 15 is 0 Å². The molecule has 0 aliphatic heterocycles. The summed E-state index contributed by atoms with van der Waals surface area (Å²) in [5.41, 5.74) is 2.30. The minimum atomic E-state index is -0.903. The topological polar surface area (TPSA) is 81.4 Å². The zero-order chi connectivity index (χ0) is 18.4. The van der Waals surface area contributed by atoms with Crippen LogP contribution in [0.15, 0.2) is 65.1 Å². The van der Waals surface area contributed by atoms with Gasteiger partial charge in [0.05, 0.1) is 0 Å². The van der Waals surface area contributed by atoms with Crippen molar-refractivity contribution in [2.24, 2.45) is 0 Å². The third-order valence-corrected chi connectivity index (χ3v) is 3.64. The largest absolute Gasteiger partial charge is 0.449 e. The van der Waals surface area contributed by atoms with Gasteiger partial charge >= 0.3 is 5.97 Å². The van der Waals surface area contributed by atoms with Crippen molar-refractivity contribution in [3.63, 3.8) is 0 Å². The Balaban J connectivity index is 1.50. The van der Waals surface area contributed by atoms with Crippen LogP contribution in [0.1, 0.15) is 18.4 Å². The van der Waals surface area contributed by atoms with Crippen LogP contribution >= 0.6 is 0 Å². The van der Waals surface area contributed by atoms with Gasteiger partial charge in [0, 0.05) is 18.7 Å². The van der Waals surface area contributed by atoms with Crippen molar-refractivity contribution in [2.75, 3.05) is 0 Å². The second kappa shape index (κ2) is 8.11. The van der Waals surface area contributed by atoms with Crippen LogP contribution in [0.5, 0.6) is 0 Å². The third-order valence-electron chi connectivity index (χ3n) is 3.64. The van der Waals surface area contributed by atoms with Crippen molar-refractivity contribution in [2.45, 2.75) is 19.6 Å². The quantitative estimate of drug-likeness (QED) is 0.546. The number of fused-ring (bicyclic) bond motifs is 1. The summed E-state index contributed by atoms with van der Waals surface area (Å²) in [6.45, 7) is 1.89. The van der Waals surface area contributed by atoms with E-state index in [4.69, 9.17) is 9.15 Å². The van der Waals surface area contributed by atoms with Crippen molar-refractivity contribution >= 4 is 29.1 Å². The molecule has 2 aromatic carbocycles. The average molecular weight is 350 g/mol. The molecule has 1 heterocycles. The predicted octanol–water partition coefficient (Wildman–Crippen LogP) is 3.09. The molecular weight excluding hydrogens is 332 g/mol. The number of nitrogens with zero attached hydrogens (tertiary/aromatic N) is 1. The number of carbonyl (C=O) groups is 2. The molecule has 3 rings (SSSR count). The van der Waals surface area contributed by atoms with Gasteiger partial charge in [-0.2, -0.15) is 0 Å². The molecule has 3 aromatic rings. The van der Waals surface area contributed by atoms with Crippen molar-refractivity contribution in [1.29, 1.82) is 0 Å². The number of amides is 1. The van der Waals surface area contributed by atoms with Crippen LogP contribution in [0, 0.1) is 0 Å². The molecule has 1 aromatic heterocycles. The Labute approximate surface area is 150 Å². The van der Waals surface area contributed by atoms with Gasteiger partial charge in [0.2, 0.25) is 5.89 Å². The summed E-state index contributed by atoms with van der Waals surface area (Å²) in [7, 11) is 0. The molecule has 26 heavy (non-hydrogen) atoms. The molecule has 0 bridgehead atoms. The molecule has 0 spiro atoms. The van der Waals surface area contributed by atoms with E-state index in [1.807, 2.05) is 48.5 Å². The van der Waals surface area contributed by atoms with E-state index in [-0.39, 0.29) is 5.91 Å². The van der Waals surface area contributed by atoms with Crippen molar-refractivity contribution in [3.8, 4) is 0 Å². The first-order valence-electron chi connectivity index (χ1n) is 8.18. The fourth-order valence-electron chi connectivity index (χ4n) is 2.30. The minimum absolute atomic E-state index is 0.296. The summed E-state index contributed by atoms with van der Waals surface area (Å²) >= 11 is 0. The Kier molecular flexibility index (Phi) is 5.43. The van der Waals surface area contributed by atoms with Gasteiger partial charge in [-0.15, -0.1) is 0 Å². The molecule has 0 aliphatic carbocycles. The SMILES string of the molecule is C[C@H](OC(=O)/C=C/c1nc2ccccc2o1)C(=O)NCc1ccccc1. The van der Waals surface area contributed by atoms with Gasteiger partial charge in [-0.3, -0.25) is 4.79 Å². The second-order valence-corrected chi connectivity index (χ2v) is 5.64. The molecule has 6 nitrogen and oxygen atoms in total. The van der Waals surface area contributed by atoms with E-state index in [1.54, 1.807) is 6.07 Å². The lowest BCUT2D eigenvalue weighted by Crippen LogP contribution is -2.35. The van der Waals surface area contributed by atoms with Crippen LogP contribution in [-0.2, 0) is 20.9 Å². The molecule has 0 saturated carbocycles. The molecule has 0 unspecified atom stereocenters. The summed E-state index contributed by atoms with van der Waals surface area (Å²) in [6, 6.07) is 16.8. The zero-order valence-corrected chi connectivity index (χ0v) is 14.2. The summed E-state index contributed by atoms with van der Waals surface area (Å²) in [6.07, 6.45) is 1.70. The van der Waals surface area contributed by atoms with Gasteiger partial charge in [-0.1, -0.05) is 42.5 Å². The first-order chi connectivity index (χ1) is 12.6. The number of nitrogens with one attached hydrogen (secondary N) is 1. The maximum Gasteiger partial charge on any atom is 0.331 e. The van der Waals surface area contributed by atoms with E-state index in [0.717, 1.165) is 5.56 Å². The van der Waals surface area contributed by atoms with Crippen LogP contribution in [0.25, 0.3) is 17.2 Å². The second-order valence-electron chi connectivity index (χ2n) is 5.64. The van der Waals surface area contributed by atoms with E-state index in [1.165, 1.54) is 19.1 Å². The normalized spacial score (nSPS) is 12.2. The Hall–Kier alpha value is -3.41. The zero-order valence-electron chi connectivity index (χ0n) is 14.2.